The molecule has 0 aromatic heterocycles. The Labute approximate surface area is 124 Å². The summed E-state index contributed by atoms with van der Waals surface area (Å²) in [4.78, 5) is 23.7. The molecule has 0 aliphatic rings. The van der Waals surface area contributed by atoms with Gasteiger partial charge in [-0.25, -0.2) is 4.79 Å². The van der Waals surface area contributed by atoms with Crippen LogP contribution in [0, 0.1) is 0 Å². The van der Waals surface area contributed by atoms with E-state index in [4.69, 9.17) is 0 Å². The summed E-state index contributed by atoms with van der Waals surface area (Å²) in [5.74, 6) is -2.51. The van der Waals surface area contributed by atoms with E-state index in [-0.39, 0.29) is 11.1 Å². The summed E-state index contributed by atoms with van der Waals surface area (Å²) in [5, 5.41) is 0. The van der Waals surface area contributed by atoms with Crippen molar-refractivity contribution < 1.29 is 27.5 Å². The predicted molar refractivity (Wildman–Crippen MR) is 72.5 cm³/mol. The van der Waals surface area contributed by atoms with Gasteiger partial charge in [0.1, 0.15) is 0 Å². The molecule has 0 spiro atoms. The second-order valence-electron chi connectivity index (χ2n) is 4.42. The molecule has 3 nitrogen and oxygen atoms in total. The van der Waals surface area contributed by atoms with Crippen LogP contribution in [0.15, 0.2) is 60.7 Å². The fraction of sp³-hybridized carbons (Fsp3) is 0.125. The monoisotopic (exact) mass is 308 g/mol. The topological polar surface area (TPSA) is 43.4 Å². The molecule has 2 aromatic rings. The molecular formula is C16H11F3O3. The minimum atomic E-state index is -4.99. The van der Waals surface area contributed by atoms with Crippen LogP contribution in [0.3, 0.4) is 0 Å². The maximum absolute atomic E-state index is 13.0. The highest BCUT2D eigenvalue weighted by molar-refractivity contribution is 6.02. The van der Waals surface area contributed by atoms with Crippen molar-refractivity contribution in [3.63, 3.8) is 0 Å². The van der Waals surface area contributed by atoms with Gasteiger partial charge in [-0.3, -0.25) is 4.79 Å². The van der Waals surface area contributed by atoms with Gasteiger partial charge in [-0.1, -0.05) is 48.5 Å². The molecule has 0 saturated heterocycles. The normalized spacial score (nSPS) is 12.5. The molecule has 114 valence electrons. The quantitative estimate of drug-likeness (QED) is 0.639. The molecule has 0 N–H and O–H groups in total. The van der Waals surface area contributed by atoms with Gasteiger partial charge in [0.2, 0.25) is 5.78 Å². The van der Waals surface area contributed by atoms with E-state index in [2.05, 4.69) is 4.74 Å². The SMILES string of the molecule is O=C(OC(C(=O)c1ccccc1)C(F)(F)F)c1ccccc1. The fourth-order valence-corrected chi connectivity index (χ4v) is 1.77. The Bertz CT molecular complexity index is 651. The van der Waals surface area contributed by atoms with Crippen LogP contribution in [0.4, 0.5) is 13.2 Å². The number of Topliss-reactive ketones (excluding diaryl/α,β-unsaturated/α-hetero) is 1. The number of alkyl halides is 3. The molecule has 0 heterocycles. The molecule has 0 bridgehead atoms. The first-order valence-corrected chi connectivity index (χ1v) is 6.31. The Kier molecular flexibility index (Phi) is 4.60. The lowest BCUT2D eigenvalue weighted by atomic mass is 10.1. The van der Waals surface area contributed by atoms with Crippen LogP contribution in [-0.4, -0.2) is 24.0 Å². The molecular weight excluding hydrogens is 297 g/mol. The van der Waals surface area contributed by atoms with E-state index in [9.17, 15) is 22.8 Å². The highest BCUT2D eigenvalue weighted by atomic mass is 19.4. The zero-order chi connectivity index (χ0) is 16.2. The molecule has 0 saturated carbocycles. The van der Waals surface area contributed by atoms with Crippen molar-refractivity contribution >= 4 is 11.8 Å². The highest BCUT2D eigenvalue weighted by Gasteiger charge is 2.48. The molecule has 2 aromatic carbocycles. The fourth-order valence-electron chi connectivity index (χ4n) is 1.77. The van der Waals surface area contributed by atoms with Crippen LogP contribution in [0.25, 0.3) is 0 Å². The van der Waals surface area contributed by atoms with Crippen molar-refractivity contribution in [2.75, 3.05) is 0 Å². The largest absolute Gasteiger partial charge is 0.441 e. The molecule has 1 unspecified atom stereocenters. The molecule has 0 amide bonds. The van der Waals surface area contributed by atoms with E-state index in [1.165, 1.54) is 48.5 Å². The van der Waals surface area contributed by atoms with Crippen LogP contribution >= 0.6 is 0 Å². The number of carbonyl (C=O) groups is 2. The van der Waals surface area contributed by atoms with E-state index in [0.29, 0.717) is 0 Å². The summed E-state index contributed by atoms with van der Waals surface area (Å²) in [6.45, 7) is 0. The van der Waals surface area contributed by atoms with Gasteiger partial charge in [-0.05, 0) is 12.1 Å². The van der Waals surface area contributed by atoms with Crippen LogP contribution < -0.4 is 0 Å². The number of esters is 1. The number of halogens is 3. The van der Waals surface area contributed by atoms with Gasteiger partial charge < -0.3 is 4.74 Å². The summed E-state index contributed by atoms with van der Waals surface area (Å²) in [5.41, 5.74) is -0.233. The number of carbonyl (C=O) groups excluding carboxylic acids is 2. The lowest BCUT2D eigenvalue weighted by Crippen LogP contribution is -2.40. The van der Waals surface area contributed by atoms with E-state index >= 15 is 0 Å². The highest BCUT2D eigenvalue weighted by Crippen LogP contribution is 2.27. The van der Waals surface area contributed by atoms with Crippen LogP contribution in [0.5, 0.6) is 0 Å². The maximum Gasteiger partial charge on any atom is 0.433 e. The van der Waals surface area contributed by atoms with Crippen molar-refractivity contribution in [1.29, 1.82) is 0 Å². The molecule has 0 aliphatic carbocycles. The van der Waals surface area contributed by atoms with Gasteiger partial charge in [0.05, 0.1) is 5.56 Å². The van der Waals surface area contributed by atoms with Crippen molar-refractivity contribution in [3.8, 4) is 0 Å². The Hall–Kier alpha value is -2.63. The van der Waals surface area contributed by atoms with E-state index in [0.717, 1.165) is 0 Å². The first kappa shape index (κ1) is 15.8. The number of rotatable bonds is 4. The Balaban J connectivity index is 2.25. The molecule has 0 aliphatic heterocycles. The van der Waals surface area contributed by atoms with Gasteiger partial charge in [-0.2, -0.15) is 13.2 Å². The van der Waals surface area contributed by atoms with Crippen LogP contribution in [-0.2, 0) is 4.74 Å². The Morgan fingerprint density at radius 3 is 1.73 bits per heavy atom. The first-order valence-electron chi connectivity index (χ1n) is 6.31. The first-order chi connectivity index (χ1) is 10.4. The smallest absolute Gasteiger partial charge is 0.433 e. The lowest BCUT2D eigenvalue weighted by Gasteiger charge is -2.19. The third-order valence-corrected chi connectivity index (χ3v) is 2.83. The minimum Gasteiger partial charge on any atom is -0.441 e. The number of ether oxygens (including phenoxy) is 1. The standard InChI is InChI=1S/C16H11F3O3/c17-16(18,19)14(13(20)11-7-3-1-4-8-11)22-15(21)12-9-5-2-6-10-12/h1-10,14H. The summed E-state index contributed by atoms with van der Waals surface area (Å²) >= 11 is 0. The lowest BCUT2D eigenvalue weighted by molar-refractivity contribution is -0.187. The van der Waals surface area contributed by atoms with Crippen LogP contribution in [0.2, 0.25) is 0 Å². The van der Waals surface area contributed by atoms with E-state index in [1.807, 2.05) is 0 Å². The average Bonchev–Trinajstić information content (AvgIpc) is 2.52. The summed E-state index contributed by atoms with van der Waals surface area (Å²) < 4.78 is 43.5. The van der Waals surface area contributed by atoms with Crippen molar-refractivity contribution in [1.82, 2.24) is 0 Å². The summed E-state index contributed by atoms with van der Waals surface area (Å²) in [6.07, 6.45) is -7.82. The second kappa shape index (κ2) is 6.43. The van der Waals surface area contributed by atoms with E-state index < -0.39 is 24.0 Å². The molecule has 2 rings (SSSR count). The van der Waals surface area contributed by atoms with Gasteiger partial charge in [0, 0.05) is 5.56 Å². The van der Waals surface area contributed by atoms with Gasteiger partial charge in [-0.15, -0.1) is 0 Å². The Morgan fingerprint density at radius 1 is 0.818 bits per heavy atom. The molecule has 6 heteroatoms. The van der Waals surface area contributed by atoms with Gasteiger partial charge in [0.25, 0.3) is 6.10 Å². The third kappa shape index (κ3) is 3.72. The predicted octanol–water partition coefficient (Wildman–Crippen LogP) is 3.66. The van der Waals surface area contributed by atoms with Crippen molar-refractivity contribution in [2.24, 2.45) is 0 Å². The zero-order valence-corrected chi connectivity index (χ0v) is 11.2. The second-order valence-corrected chi connectivity index (χ2v) is 4.42. The zero-order valence-electron chi connectivity index (χ0n) is 11.2. The minimum absolute atomic E-state index is 0.0578. The number of benzene rings is 2. The number of hydrogen-bond acceptors (Lipinski definition) is 3. The van der Waals surface area contributed by atoms with Crippen molar-refractivity contribution in [2.45, 2.75) is 12.3 Å². The molecule has 22 heavy (non-hydrogen) atoms. The van der Waals surface area contributed by atoms with Gasteiger partial charge in [0.15, 0.2) is 0 Å². The summed E-state index contributed by atoms with van der Waals surface area (Å²) in [6, 6.07) is 14.1. The summed E-state index contributed by atoms with van der Waals surface area (Å²) in [7, 11) is 0. The number of ketones is 1. The molecule has 1 atom stereocenters. The molecule has 0 fully saturated rings. The maximum atomic E-state index is 13.0. The third-order valence-electron chi connectivity index (χ3n) is 2.83. The van der Waals surface area contributed by atoms with Gasteiger partial charge >= 0.3 is 12.1 Å². The molecule has 0 radical (unpaired) electrons. The van der Waals surface area contributed by atoms with Crippen LogP contribution in [0.1, 0.15) is 20.7 Å². The average molecular weight is 308 g/mol. The van der Waals surface area contributed by atoms with Crippen molar-refractivity contribution in [3.05, 3.63) is 71.8 Å². The Morgan fingerprint density at radius 2 is 1.27 bits per heavy atom. The van der Waals surface area contributed by atoms with E-state index in [1.54, 1.807) is 12.1 Å². The number of hydrogen-bond donors (Lipinski definition) is 0.